The molecule has 1 aromatic rings. The minimum Gasteiger partial charge on any atom is -0.361 e. The summed E-state index contributed by atoms with van der Waals surface area (Å²) >= 11 is 0. The van der Waals surface area contributed by atoms with Crippen LogP contribution in [0.3, 0.4) is 0 Å². The Hall–Kier alpha value is -1.07. The fraction of sp³-hybridized carbons (Fsp3) is 0.714. The molecule has 5 nitrogen and oxygen atoms in total. The van der Waals surface area contributed by atoms with E-state index in [0.717, 1.165) is 42.9 Å². The zero-order valence-electron chi connectivity index (χ0n) is 12.4. The minimum atomic E-state index is 0. The normalized spacial score (nSPS) is 20.4. The summed E-state index contributed by atoms with van der Waals surface area (Å²) in [6.45, 7) is 7.36. The summed E-state index contributed by atoms with van der Waals surface area (Å²) in [4.78, 5) is 14.3. The summed E-state index contributed by atoms with van der Waals surface area (Å²) in [5, 5.41) is 3.89. The number of aryl methyl sites for hydroxylation is 2. The molecule has 2 unspecified atom stereocenters. The number of rotatable bonds is 3. The summed E-state index contributed by atoms with van der Waals surface area (Å²) in [5.74, 6) is 1.31. The van der Waals surface area contributed by atoms with Crippen LogP contribution in [0.5, 0.6) is 0 Å². The maximum atomic E-state index is 12.4. The van der Waals surface area contributed by atoms with Gasteiger partial charge in [-0.1, -0.05) is 5.16 Å². The van der Waals surface area contributed by atoms with E-state index in [2.05, 4.69) is 5.16 Å². The number of carbonyl (C=O) groups is 1. The molecule has 0 bridgehead atoms. The lowest BCUT2D eigenvalue weighted by atomic mass is 9.92. The Kier molecular flexibility index (Phi) is 6.02. The molecular weight excluding hydrogens is 278 g/mol. The number of aromatic nitrogens is 1. The fourth-order valence-electron chi connectivity index (χ4n) is 2.68. The van der Waals surface area contributed by atoms with Gasteiger partial charge in [-0.25, -0.2) is 0 Å². The first-order valence-corrected chi connectivity index (χ1v) is 6.94. The van der Waals surface area contributed by atoms with Crippen LogP contribution in [0, 0.1) is 19.8 Å². The van der Waals surface area contributed by atoms with E-state index < -0.39 is 0 Å². The van der Waals surface area contributed by atoms with Gasteiger partial charge in [0.2, 0.25) is 5.91 Å². The van der Waals surface area contributed by atoms with E-state index >= 15 is 0 Å². The molecule has 114 valence electrons. The molecule has 0 aliphatic carbocycles. The van der Waals surface area contributed by atoms with E-state index in [4.69, 9.17) is 10.3 Å². The molecule has 0 saturated carbocycles. The number of piperidine rings is 1. The van der Waals surface area contributed by atoms with Gasteiger partial charge in [0.05, 0.1) is 12.1 Å². The molecule has 0 spiro atoms. The quantitative estimate of drug-likeness (QED) is 0.924. The average molecular weight is 302 g/mol. The Balaban J connectivity index is 0.00000200. The summed E-state index contributed by atoms with van der Waals surface area (Å²) in [6, 6.07) is 0.148. The second kappa shape index (κ2) is 7.09. The summed E-state index contributed by atoms with van der Waals surface area (Å²) in [7, 11) is 0. The van der Waals surface area contributed by atoms with Crippen LogP contribution in [0.1, 0.15) is 36.8 Å². The van der Waals surface area contributed by atoms with Gasteiger partial charge >= 0.3 is 0 Å². The van der Waals surface area contributed by atoms with Crippen molar-refractivity contribution in [2.24, 2.45) is 11.7 Å². The molecule has 2 N–H and O–H groups in total. The highest BCUT2D eigenvalue weighted by Gasteiger charge is 2.26. The highest BCUT2D eigenvalue weighted by atomic mass is 35.5. The molecule has 0 radical (unpaired) electrons. The number of hydrogen-bond donors (Lipinski definition) is 1. The Bertz CT molecular complexity index is 440. The van der Waals surface area contributed by atoms with E-state index in [1.165, 1.54) is 0 Å². The highest BCUT2D eigenvalue weighted by molar-refractivity contribution is 5.85. The SMILES string of the molecule is Cc1noc(C)c1CC(=O)N1CCCC(C(C)N)C1.Cl. The summed E-state index contributed by atoms with van der Waals surface area (Å²) in [6.07, 6.45) is 2.54. The van der Waals surface area contributed by atoms with E-state index in [9.17, 15) is 4.79 Å². The third kappa shape index (κ3) is 3.73. The molecule has 1 amide bonds. The minimum absolute atomic E-state index is 0. The number of carbonyl (C=O) groups excluding carboxylic acids is 1. The first kappa shape index (κ1) is 17.0. The molecule has 1 aromatic heterocycles. The van der Waals surface area contributed by atoms with Crippen molar-refractivity contribution in [3.8, 4) is 0 Å². The van der Waals surface area contributed by atoms with Crippen LogP contribution in [-0.4, -0.2) is 35.1 Å². The lowest BCUT2D eigenvalue weighted by molar-refractivity contribution is -0.132. The van der Waals surface area contributed by atoms with Crippen molar-refractivity contribution in [2.45, 2.75) is 46.1 Å². The first-order chi connectivity index (χ1) is 8.99. The maximum Gasteiger partial charge on any atom is 0.227 e. The third-order valence-corrected chi connectivity index (χ3v) is 4.06. The Morgan fingerprint density at radius 3 is 2.80 bits per heavy atom. The van der Waals surface area contributed by atoms with Gasteiger partial charge in [0.15, 0.2) is 0 Å². The van der Waals surface area contributed by atoms with Crippen LogP contribution >= 0.6 is 12.4 Å². The van der Waals surface area contributed by atoms with Gasteiger partial charge in [-0.15, -0.1) is 12.4 Å². The van der Waals surface area contributed by atoms with Crippen molar-refractivity contribution < 1.29 is 9.32 Å². The second-order valence-electron chi connectivity index (χ2n) is 5.58. The number of nitrogens with two attached hydrogens (primary N) is 1. The molecule has 1 aliphatic rings. The van der Waals surface area contributed by atoms with Gasteiger partial charge in [-0.3, -0.25) is 4.79 Å². The molecule has 1 fully saturated rings. The van der Waals surface area contributed by atoms with E-state index in [1.54, 1.807) is 0 Å². The largest absolute Gasteiger partial charge is 0.361 e. The van der Waals surface area contributed by atoms with Crippen molar-refractivity contribution in [3.63, 3.8) is 0 Å². The zero-order valence-corrected chi connectivity index (χ0v) is 13.2. The second-order valence-corrected chi connectivity index (χ2v) is 5.58. The fourth-order valence-corrected chi connectivity index (χ4v) is 2.68. The van der Waals surface area contributed by atoms with Crippen LogP contribution in [0.4, 0.5) is 0 Å². The molecular formula is C14H24ClN3O2. The van der Waals surface area contributed by atoms with Gasteiger partial charge < -0.3 is 15.2 Å². The molecule has 1 aliphatic heterocycles. The van der Waals surface area contributed by atoms with Crippen molar-refractivity contribution in [2.75, 3.05) is 13.1 Å². The maximum absolute atomic E-state index is 12.4. The number of amides is 1. The predicted molar refractivity (Wildman–Crippen MR) is 79.9 cm³/mol. The molecule has 20 heavy (non-hydrogen) atoms. The number of likely N-dealkylation sites (tertiary alicyclic amines) is 1. The van der Waals surface area contributed by atoms with Crippen LogP contribution in [0.2, 0.25) is 0 Å². The van der Waals surface area contributed by atoms with Crippen molar-refractivity contribution >= 4 is 18.3 Å². The Morgan fingerprint density at radius 1 is 1.55 bits per heavy atom. The lowest BCUT2D eigenvalue weighted by Crippen LogP contribution is -2.45. The smallest absolute Gasteiger partial charge is 0.227 e. The van der Waals surface area contributed by atoms with Crippen LogP contribution < -0.4 is 5.73 Å². The van der Waals surface area contributed by atoms with E-state index in [1.807, 2.05) is 25.7 Å². The molecule has 2 rings (SSSR count). The van der Waals surface area contributed by atoms with Crippen molar-refractivity contribution in [3.05, 3.63) is 17.0 Å². The highest BCUT2D eigenvalue weighted by Crippen LogP contribution is 2.21. The Morgan fingerprint density at radius 2 is 2.25 bits per heavy atom. The molecule has 2 atom stereocenters. The zero-order chi connectivity index (χ0) is 14.0. The van der Waals surface area contributed by atoms with Crippen molar-refractivity contribution in [1.29, 1.82) is 0 Å². The van der Waals surface area contributed by atoms with Gasteiger partial charge in [0.1, 0.15) is 5.76 Å². The number of halogens is 1. The summed E-state index contributed by atoms with van der Waals surface area (Å²) < 4.78 is 5.10. The molecule has 0 aromatic carbocycles. The topological polar surface area (TPSA) is 72.4 Å². The van der Waals surface area contributed by atoms with Crippen LogP contribution in [0.25, 0.3) is 0 Å². The van der Waals surface area contributed by atoms with Crippen molar-refractivity contribution in [1.82, 2.24) is 10.1 Å². The average Bonchev–Trinajstić information content (AvgIpc) is 2.70. The first-order valence-electron chi connectivity index (χ1n) is 6.94. The Labute approximate surface area is 126 Å². The standard InChI is InChI=1S/C14H23N3O2.ClH/c1-9(15)12-5-4-6-17(8-12)14(18)7-13-10(2)16-19-11(13)3;/h9,12H,4-8,15H2,1-3H3;1H. The van der Waals surface area contributed by atoms with Crippen LogP contribution in [0.15, 0.2) is 4.52 Å². The van der Waals surface area contributed by atoms with Gasteiger partial charge in [-0.05, 0) is 39.5 Å². The van der Waals surface area contributed by atoms with E-state index in [0.29, 0.717) is 12.3 Å². The van der Waals surface area contributed by atoms with E-state index in [-0.39, 0.29) is 24.4 Å². The number of nitrogens with zero attached hydrogens (tertiary/aromatic N) is 2. The van der Waals surface area contributed by atoms with Gasteiger partial charge in [-0.2, -0.15) is 0 Å². The third-order valence-electron chi connectivity index (χ3n) is 4.06. The van der Waals surface area contributed by atoms with Gasteiger partial charge in [0.25, 0.3) is 0 Å². The molecule has 1 saturated heterocycles. The lowest BCUT2D eigenvalue weighted by Gasteiger charge is -2.34. The van der Waals surface area contributed by atoms with Crippen LogP contribution in [-0.2, 0) is 11.2 Å². The summed E-state index contributed by atoms with van der Waals surface area (Å²) in [5.41, 5.74) is 7.69. The monoisotopic (exact) mass is 301 g/mol. The predicted octanol–water partition coefficient (Wildman–Crippen LogP) is 1.84. The number of hydrogen-bond acceptors (Lipinski definition) is 4. The molecule has 2 heterocycles. The molecule has 6 heteroatoms. The van der Waals surface area contributed by atoms with Gasteiger partial charge in [0, 0.05) is 24.7 Å².